The molecule has 1 N–H and O–H groups in total. The fourth-order valence-electron chi connectivity index (χ4n) is 2.50. The smallest absolute Gasteiger partial charge is 0.248 e. The van der Waals surface area contributed by atoms with E-state index < -0.39 is 6.61 Å². The first-order valence-electron chi connectivity index (χ1n) is 7.45. The summed E-state index contributed by atoms with van der Waals surface area (Å²) in [5.74, 6) is 0.750. The highest BCUT2D eigenvalue weighted by Crippen LogP contribution is 2.21. The van der Waals surface area contributed by atoms with E-state index >= 15 is 0 Å². The second-order valence-corrected chi connectivity index (χ2v) is 5.59. The van der Waals surface area contributed by atoms with Crippen molar-refractivity contribution in [1.82, 2.24) is 9.80 Å². The van der Waals surface area contributed by atoms with E-state index in [1.54, 1.807) is 4.90 Å². The Balaban J connectivity index is 1.93. The second kappa shape index (κ2) is 7.43. The van der Waals surface area contributed by atoms with Crippen molar-refractivity contribution in [2.24, 2.45) is 0 Å². The number of carbonyl (C=O) groups is 1. The molecule has 1 aliphatic rings. The average Bonchev–Trinajstić information content (AvgIpc) is 2.49. The minimum absolute atomic E-state index is 0.158. The number of aliphatic hydroxyl groups excluding tert-OH is 1. The van der Waals surface area contributed by atoms with Crippen LogP contribution >= 0.6 is 0 Å². The molecule has 1 aliphatic heterocycles. The minimum Gasteiger partial charge on any atom is -0.491 e. The summed E-state index contributed by atoms with van der Waals surface area (Å²) in [7, 11) is 0. The van der Waals surface area contributed by atoms with Crippen molar-refractivity contribution in [3.63, 3.8) is 0 Å². The molecule has 0 spiro atoms. The van der Waals surface area contributed by atoms with Crippen molar-refractivity contribution in [1.29, 1.82) is 0 Å². The van der Waals surface area contributed by atoms with Gasteiger partial charge in [-0.1, -0.05) is 18.2 Å². The Morgan fingerprint density at radius 1 is 1.24 bits per heavy atom. The fourth-order valence-corrected chi connectivity index (χ4v) is 2.50. The van der Waals surface area contributed by atoms with Gasteiger partial charge in [-0.2, -0.15) is 0 Å². The number of carbonyl (C=O) groups excluding carboxylic acids is 1. The largest absolute Gasteiger partial charge is 0.491 e. The number of para-hydroxylation sites is 1. The maximum Gasteiger partial charge on any atom is 0.248 e. The molecule has 5 heteroatoms. The third kappa shape index (κ3) is 4.44. The van der Waals surface area contributed by atoms with E-state index in [2.05, 4.69) is 11.0 Å². The Hall–Kier alpha value is -1.59. The average molecular weight is 292 g/mol. The molecule has 21 heavy (non-hydrogen) atoms. The normalized spacial score (nSPS) is 16.3. The molecule has 0 saturated carbocycles. The molecule has 1 aromatic carbocycles. The first-order chi connectivity index (χ1) is 10.1. The van der Waals surface area contributed by atoms with E-state index in [1.165, 1.54) is 5.56 Å². The Bertz CT molecular complexity index is 468. The van der Waals surface area contributed by atoms with Crippen LogP contribution in [0.15, 0.2) is 24.3 Å². The number of hydrogen-bond acceptors (Lipinski definition) is 4. The van der Waals surface area contributed by atoms with Crippen LogP contribution in [0.2, 0.25) is 0 Å². The number of piperazine rings is 1. The van der Waals surface area contributed by atoms with Gasteiger partial charge in [0.05, 0.1) is 6.10 Å². The van der Waals surface area contributed by atoms with Gasteiger partial charge in [-0.15, -0.1) is 0 Å². The van der Waals surface area contributed by atoms with Crippen molar-refractivity contribution in [2.45, 2.75) is 26.5 Å². The summed E-state index contributed by atoms with van der Waals surface area (Å²) in [5.41, 5.74) is 1.17. The maximum absolute atomic E-state index is 11.4. The number of rotatable bonds is 5. The highest BCUT2D eigenvalue weighted by atomic mass is 16.5. The lowest BCUT2D eigenvalue weighted by molar-refractivity contribution is -0.136. The van der Waals surface area contributed by atoms with E-state index in [9.17, 15) is 4.79 Å². The van der Waals surface area contributed by atoms with Crippen molar-refractivity contribution >= 4 is 5.91 Å². The molecule has 0 radical (unpaired) electrons. The number of hydrogen-bond donors (Lipinski definition) is 1. The number of amides is 1. The van der Waals surface area contributed by atoms with Crippen LogP contribution in [-0.2, 0) is 11.3 Å². The van der Waals surface area contributed by atoms with E-state index in [0.717, 1.165) is 25.4 Å². The molecule has 0 unspecified atom stereocenters. The number of ether oxygens (including phenoxy) is 1. The summed E-state index contributed by atoms with van der Waals surface area (Å²) in [5, 5.41) is 8.89. The summed E-state index contributed by atoms with van der Waals surface area (Å²) in [6.07, 6.45) is 0.158. The van der Waals surface area contributed by atoms with Crippen LogP contribution in [0.1, 0.15) is 19.4 Å². The van der Waals surface area contributed by atoms with Crippen LogP contribution in [0.5, 0.6) is 5.75 Å². The van der Waals surface area contributed by atoms with E-state index in [4.69, 9.17) is 9.84 Å². The van der Waals surface area contributed by atoms with Gasteiger partial charge in [0, 0.05) is 38.3 Å². The van der Waals surface area contributed by atoms with Crippen LogP contribution in [0.4, 0.5) is 0 Å². The quantitative estimate of drug-likeness (QED) is 0.883. The molecule has 2 rings (SSSR count). The molecular formula is C16H24N2O3. The summed E-state index contributed by atoms with van der Waals surface area (Å²) in [4.78, 5) is 15.5. The molecule has 0 bridgehead atoms. The zero-order valence-corrected chi connectivity index (χ0v) is 12.8. The van der Waals surface area contributed by atoms with Crippen LogP contribution in [0, 0.1) is 0 Å². The van der Waals surface area contributed by atoms with Crippen molar-refractivity contribution in [2.75, 3.05) is 32.8 Å². The van der Waals surface area contributed by atoms with Crippen LogP contribution in [0.3, 0.4) is 0 Å². The summed E-state index contributed by atoms with van der Waals surface area (Å²) in [6, 6.07) is 8.09. The van der Waals surface area contributed by atoms with Crippen LogP contribution in [-0.4, -0.2) is 59.7 Å². The summed E-state index contributed by atoms with van der Waals surface area (Å²) >= 11 is 0. The molecule has 1 heterocycles. The molecule has 0 aromatic heterocycles. The van der Waals surface area contributed by atoms with Gasteiger partial charge in [-0.25, -0.2) is 0 Å². The highest BCUT2D eigenvalue weighted by Gasteiger charge is 2.21. The highest BCUT2D eigenvalue weighted by molar-refractivity contribution is 5.77. The van der Waals surface area contributed by atoms with Crippen LogP contribution in [0.25, 0.3) is 0 Å². The van der Waals surface area contributed by atoms with Crippen molar-refractivity contribution < 1.29 is 14.6 Å². The van der Waals surface area contributed by atoms with Gasteiger partial charge in [-0.05, 0) is 19.9 Å². The lowest BCUT2D eigenvalue weighted by Crippen LogP contribution is -2.49. The standard InChI is InChI=1S/C16H24N2O3/c1-13(2)21-15-6-4-3-5-14(15)11-17-7-9-18(10-8-17)16(20)12-19/h3-6,13,19H,7-12H2,1-2H3. The van der Waals surface area contributed by atoms with Gasteiger partial charge in [0.25, 0.3) is 0 Å². The Morgan fingerprint density at radius 2 is 1.90 bits per heavy atom. The van der Waals surface area contributed by atoms with Gasteiger partial charge in [0.1, 0.15) is 12.4 Å². The molecule has 5 nitrogen and oxygen atoms in total. The summed E-state index contributed by atoms with van der Waals surface area (Å²) in [6.45, 7) is 7.46. The lowest BCUT2D eigenvalue weighted by Gasteiger charge is -2.34. The first-order valence-corrected chi connectivity index (χ1v) is 7.45. The van der Waals surface area contributed by atoms with Gasteiger partial charge in [-0.3, -0.25) is 9.69 Å². The van der Waals surface area contributed by atoms with E-state index in [1.807, 2.05) is 32.0 Å². The van der Waals surface area contributed by atoms with Gasteiger partial charge in [0.15, 0.2) is 0 Å². The zero-order chi connectivity index (χ0) is 15.2. The minimum atomic E-state index is -0.398. The first kappa shape index (κ1) is 15.8. The lowest BCUT2D eigenvalue weighted by atomic mass is 10.1. The summed E-state index contributed by atoms with van der Waals surface area (Å²) < 4.78 is 5.84. The van der Waals surface area contributed by atoms with E-state index in [0.29, 0.717) is 13.1 Å². The molecule has 1 fully saturated rings. The van der Waals surface area contributed by atoms with Crippen molar-refractivity contribution in [3.05, 3.63) is 29.8 Å². The predicted molar refractivity (Wildman–Crippen MR) is 81.1 cm³/mol. The fraction of sp³-hybridized carbons (Fsp3) is 0.562. The molecule has 0 atom stereocenters. The second-order valence-electron chi connectivity index (χ2n) is 5.59. The zero-order valence-electron chi connectivity index (χ0n) is 12.8. The SMILES string of the molecule is CC(C)Oc1ccccc1CN1CCN(C(=O)CO)CC1. The Labute approximate surface area is 126 Å². The van der Waals surface area contributed by atoms with Crippen molar-refractivity contribution in [3.8, 4) is 5.75 Å². The monoisotopic (exact) mass is 292 g/mol. The van der Waals surface area contributed by atoms with Gasteiger partial charge < -0.3 is 14.7 Å². The topological polar surface area (TPSA) is 53.0 Å². The molecule has 1 aromatic rings. The Morgan fingerprint density at radius 3 is 2.52 bits per heavy atom. The number of benzene rings is 1. The molecule has 116 valence electrons. The number of nitrogens with zero attached hydrogens (tertiary/aromatic N) is 2. The maximum atomic E-state index is 11.4. The van der Waals surface area contributed by atoms with Gasteiger partial charge >= 0.3 is 0 Å². The molecule has 1 amide bonds. The molecule has 1 saturated heterocycles. The van der Waals surface area contributed by atoms with E-state index in [-0.39, 0.29) is 12.0 Å². The molecular weight excluding hydrogens is 268 g/mol. The predicted octanol–water partition coefficient (Wildman–Crippen LogP) is 1.11. The number of aliphatic hydroxyl groups is 1. The third-order valence-corrected chi connectivity index (χ3v) is 3.59. The third-order valence-electron chi connectivity index (χ3n) is 3.59. The Kier molecular flexibility index (Phi) is 5.59. The van der Waals surface area contributed by atoms with Gasteiger partial charge in [0.2, 0.25) is 5.91 Å². The van der Waals surface area contributed by atoms with Crippen LogP contribution < -0.4 is 4.74 Å². The molecule has 0 aliphatic carbocycles.